The van der Waals surface area contributed by atoms with Gasteiger partial charge >= 0.3 is 17.9 Å². The maximum atomic E-state index is 12.6. The van der Waals surface area contributed by atoms with E-state index >= 15 is 0 Å². The summed E-state index contributed by atoms with van der Waals surface area (Å²) in [5.41, 5.74) is 0. The highest BCUT2D eigenvalue weighted by molar-refractivity contribution is 5.71. The van der Waals surface area contributed by atoms with Crippen molar-refractivity contribution in [3.63, 3.8) is 0 Å². The molecule has 0 aromatic heterocycles. The summed E-state index contributed by atoms with van der Waals surface area (Å²) in [4.78, 5) is 37.3. The quantitative estimate of drug-likeness (QED) is 0.0277. The molecule has 0 aromatic rings. The van der Waals surface area contributed by atoms with E-state index in [4.69, 9.17) is 14.2 Å². The number of hydrogen-bond acceptors (Lipinski definition) is 6. The molecule has 0 rings (SSSR count). The first kappa shape index (κ1) is 50.8. The van der Waals surface area contributed by atoms with Crippen molar-refractivity contribution in [2.24, 2.45) is 0 Å². The predicted octanol–water partition coefficient (Wildman–Crippen LogP) is 13.4. The third kappa shape index (κ3) is 40.8. The molecule has 306 valence electrons. The van der Waals surface area contributed by atoms with Gasteiger partial charge in [-0.2, -0.15) is 0 Å². The lowest BCUT2D eigenvalue weighted by Crippen LogP contribution is -2.30. The van der Waals surface area contributed by atoms with Crippen LogP contribution < -0.4 is 0 Å². The highest BCUT2D eigenvalue weighted by atomic mass is 16.6. The van der Waals surface area contributed by atoms with Crippen molar-refractivity contribution >= 4 is 17.9 Å². The van der Waals surface area contributed by atoms with E-state index in [9.17, 15) is 14.4 Å². The topological polar surface area (TPSA) is 78.9 Å². The van der Waals surface area contributed by atoms with E-state index in [1.165, 1.54) is 0 Å². The normalized spacial score (nSPS) is 13.3. The van der Waals surface area contributed by atoms with Crippen LogP contribution in [0.4, 0.5) is 0 Å². The summed E-state index contributed by atoms with van der Waals surface area (Å²) in [6, 6.07) is 0. The Bertz CT molecular complexity index is 1240. The molecule has 0 aliphatic rings. The first-order valence-corrected chi connectivity index (χ1v) is 21.0. The Morgan fingerprint density at radius 3 is 1.09 bits per heavy atom. The van der Waals surface area contributed by atoms with E-state index in [2.05, 4.69) is 118 Å². The van der Waals surface area contributed by atoms with Gasteiger partial charge in [-0.15, -0.1) is 0 Å². The van der Waals surface area contributed by atoms with Gasteiger partial charge in [-0.1, -0.05) is 168 Å². The molecule has 55 heavy (non-hydrogen) atoms. The third-order valence-electron chi connectivity index (χ3n) is 7.99. The van der Waals surface area contributed by atoms with Crippen molar-refractivity contribution in [3.8, 4) is 0 Å². The molecule has 0 amide bonds. The summed E-state index contributed by atoms with van der Waals surface area (Å²) < 4.78 is 16.4. The Morgan fingerprint density at radius 1 is 0.382 bits per heavy atom. The van der Waals surface area contributed by atoms with Gasteiger partial charge in [0, 0.05) is 19.3 Å². The Labute approximate surface area is 335 Å². The molecule has 1 unspecified atom stereocenters. The molecule has 0 fully saturated rings. The van der Waals surface area contributed by atoms with Gasteiger partial charge in [0.05, 0.1) is 0 Å². The summed E-state index contributed by atoms with van der Waals surface area (Å²) >= 11 is 0. The monoisotopic (exact) mass is 759 g/mol. The highest BCUT2D eigenvalue weighted by Crippen LogP contribution is 2.08. The molecule has 0 saturated carbocycles. The largest absolute Gasteiger partial charge is 0.462 e. The Balaban J connectivity index is 4.50. The highest BCUT2D eigenvalue weighted by Gasteiger charge is 2.19. The van der Waals surface area contributed by atoms with Gasteiger partial charge in [0.15, 0.2) is 6.10 Å². The lowest BCUT2D eigenvalue weighted by atomic mass is 10.1. The zero-order chi connectivity index (χ0) is 40.1. The smallest absolute Gasteiger partial charge is 0.306 e. The molecular weight excluding hydrogens is 685 g/mol. The second-order valence-corrected chi connectivity index (χ2v) is 13.1. The molecule has 0 bridgehead atoms. The van der Waals surface area contributed by atoms with Crippen LogP contribution in [0.2, 0.25) is 0 Å². The van der Waals surface area contributed by atoms with Gasteiger partial charge < -0.3 is 14.2 Å². The molecule has 0 N–H and O–H groups in total. The Morgan fingerprint density at radius 2 is 0.709 bits per heavy atom. The molecule has 0 heterocycles. The number of hydrogen-bond donors (Lipinski definition) is 0. The van der Waals surface area contributed by atoms with Gasteiger partial charge in [0.2, 0.25) is 0 Å². The van der Waals surface area contributed by atoms with Crippen LogP contribution in [0.1, 0.15) is 149 Å². The van der Waals surface area contributed by atoms with Crippen LogP contribution in [0.25, 0.3) is 0 Å². The van der Waals surface area contributed by atoms with E-state index < -0.39 is 12.1 Å². The molecule has 6 nitrogen and oxygen atoms in total. The van der Waals surface area contributed by atoms with E-state index in [1.807, 2.05) is 24.3 Å². The molecule has 1 atom stereocenters. The molecule has 0 spiro atoms. The fraction of sp³-hybridized carbons (Fsp3) is 0.531. The average molecular weight is 759 g/mol. The SMILES string of the molecule is CC/C=C\C/C=C\C/C=C\C/C=C\C/C=C\C/C=C\CCC(=O)OCC(COC(=O)CCCCCCC)OC(=O)CC/C=C\C/C=C\C/C=C\C/C=C\CC. The minimum atomic E-state index is -0.844. The summed E-state index contributed by atoms with van der Waals surface area (Å²) in [5.74, 6) is -1.14. The number of carbonyl (C=O) groups is 3. The second-order valence-electron chi connectivity index (χ2n) is 13.1. The number of allylic oxidation sites excluding steroid dienone is 20. The maximum Gasteiger partial charge on any atom is 0.306 e. The van der Waals surface area contributed by atoms with E-state index in [1.54, 1.807) is 0 Å². The van der Waals surface area contributed by atoms with Crippen molar-refractivity contribution < 1.29 is 28.6 Å². The summed E-state index contributed by atoms with van der Waals surface area (Å²) in [6.45, 7) is 6.14. The van der Waals surface area contributed by atoms with E-state index in [0.29, 0.717) is 19.3 Å². The van der Waals surface area contributed by atoms with Crippen molar-refractivity contribution in [2.45, 2.75) is 155 Å². The van der Waals surface area contributed by atoms with Crippen LogP contribution >= 0.6 is 0 Å². The third-order valence-corrected chi connectivity index (χ3v) is 7.99. The zero-order valence-electron chi connectivity index (χ0n) is 34.6. The summed E-state index contributed by atoms with van der Waals surface area (Å²) in [6.07, 6.45) is 58.1. The van der Waals surface area contributed by atoms with Gasteiger partial charge in [0.1, 0.15) is 13.2 Å². The fourth-order valence-corrected chi connectivity index (χ4v) is 4.89. The van der Waals surface area contributed by atoms with Crippen molar-refractivity contribution in [1.29, 1.82) is 0 Å². The van der Waals surface area contributed by atoms with Crippen LogP contribution in [0.3, 0.4) is 0 Å². The molecular formula is C49H74O6. The number of esters is 3. The Kier molecular flexibility index (Phi) is 39.3. The van der Waals surface area contributed by atoms with Crippen LogP contribution in [-0.4, -0.2) is 37.2 Å². The standard InChI is InChI=1S/C49H74O6/c1-4-7-10-13-15-17-19-21-22-23-24-25-26-28-29-31-33-36-39-42-48(51)54-45-46(44-53-47(50)41-38-35-12-9-6-3)55-49(52)43-40-37-34-32-30-27-20-18-16-14-11-8-5-2/h7-8,10-11,15-18,21-22,24-25,27-30,33-34,36-37,46H,4-6,9,12-14,19-20,23,26,31-32,35,38-45H2,1-3H3/b10-7-,11-8-,17-15-,18-16-,22-21-,25-24-,29-28-,30-27-,36-33-,37-34-. The molecule has 0 radical (unpaired) electrons. The van der Waals surface area contributed by atoms with Crippen LogP contribution in [0.15, 0.2) is 122 Å². The number of rotatable bonds is 35. The minimum absolute atomic E-state index is 0.135. The first-order chi connectivity index (χ1) is 27.0. The van der Waals surface area contributed by atoms with Crippen LogP contribution in [-0.2, 0) is 28.6 Å². The maximum absolute atomic E-state index is 12.6. The second kappa shape index (κ2) is 42.6. The average Bonchev–Trinajstić information content (AvgIpc) is 3.18. The van der Waals surface area contributed by atoms with Crippen molar-refractivity contribution in [1.82, 2.24) is 0 Å². The van der Waals surface area contributed by atoms with Gasteiger partial charge in [-0.3, -0.25) is 14.4 Å². The molecule has 0 aromatic carbocycles. The van der Waals surface area contributed by atoms with Gasteiger partial charge in [0.25, 0.3) is 0 Å². The van der Waals surface area contributed by atoms with E-state index in [0.717, 1.165) is 96.3 Å². The van der Waals surface area contributed by atoms with Crippen LogP contribution in [0, 0.1) is 0 Å². The van der Waals surface area contributed by atoms with E-state index in [-0.39, 0.29) is 38.0 Å². The van der Waals surface area contributed by atoms with Gasteiger partial charge in [-0.05, 0) is 83.5 Å². The fourth-order valence-electron chi connectivity index (χ4n) is 4.89. The molecule has 0 aliphatic heterocycles. The Hall–Kier alpha value is -4.19. The predicted molar refractivity (Wildman–Crippen MR) is 233 cm³/mol. The summed E-state index contributed by atoms with van der Waals surface area (Å²) in [7, 11) is 0. The van der Waals surface area contributed by atoms with Crippen LogP contribution in [0.5, 0.6) is 0 Å². The molecule has 6 heteroatoms. The summed E-state index contributed by atoms with van der Waals surface area (Å²) in [5, 5.41) is 0. The molecule has 0 saturated heterocycles. The first-order valence-electron chi connectivity index (χ1n) is 21.0. The minimum Gasteiger partial charge on any atom is -0.462 e. The number of unbranched alkanes of at least 4 members (excludes halogenated alkanes) is 4. The number of ether oxygens (including phenoxy) is 3. The number of carbonyl (C=O) groups excluding carboxylic acids is 3. The van der Waals surface area contributed by atoms with Crippen molar-refractivity contribution in [2.75, 3.05) is 13.2 Å². The van der Waals surface area contributed by atoms with Crippen molar-refractivity contribution in [3.05, 3.63) is 122 Å². The van der Waals surface area contributed by atoms with Gasteiger partial charge in [-0.25, -0.2) is 0 Å². The lowest BCUT2D eigenvalue weighted by Gasteiger charge is -2.18. The zero-order valence-corrected chi connectivity index (χ0v) is 34.6. The lowest BCUT2D eigenvalue weighted by molar-refractivity contribution is -0.166. The molecule has 0 aliphatic carbocycles.